The molecule has 1 aromatic heterocycles. The second-order valence-electron chi connectivity index (χ2n) is 6.31. The van der Waals surface area contributed by atoms with Crippen LogP contribution >= 0.6 is 0 Å². The molecule has 1 unspecified atom stereocenters. The molecule has 1 aliphatic carbocycles. The number of amides is 1. The van der Waals surface area contributed by atoms with Crippen LogP contribution in [0, 0.1) is 11.3 Å². The maximum absolute atomic E-state index is 12.3. The first-order valence-corrected chi connectivity index (χ1v) is 8.69. The lowest BCUT2D eigenvalue weighted by atomic mass is 9.98. The van der Waals surface area contributed by atoms with Crippen LogP contribution in [-0.4, -0.2) is 17.7 Å². The van der Waals surface area contributed by atoms with Gasteiger partial charge in [-0.1, -0.05) is 48.5 Å². The maximum atomic E-state index is 12.3. The number of nitrogens with one attached hydrogen (secondary N) is 1. The number of carbonyl (C=O) groups excluding carboxylic acids is 1. The molecule has 1 heterocycles. The van der Waals surface area contributed by atoms with E-state index in [2.05, 4.69) is 40.6 Å². The van der Waals surface area contributed by atoms with Gasteiger partial charge in [-0.3, -0.25) is 4.98 Å². The van der Waals surface area contributed by atoms with Gasteiger partial charge in [0.25, 0.3) is 0 Å². The lowest BCUT2D eigenvalue weighted by Crippen LogP contribution is -2.29. The average molecular weight is 355 g/mol. The Balaban J connectivity index is 1.47. The lowest BCUT2D eigenvalue weighted by Gasteiger charge is -2.16. The number of pyridine rings is 1. The molecule has 27 heavy (non-hydrogen) atoms. The van der Waals surface area contributed by atoms with E-state index in [1.807, 2.05) is 24.3 Å². The Labute approximate surface area is 157 Å². The maximum Gasteiger partial charge on any atom is 0.408 e. The minimum absolute atomic E-state index is 0.00962. The molecule has 0 radical (unpaired) electrons. The minimum Gasteiger partial charge on any atom is -0.449 e. The third kappa shape index (κ3) is 3.25. The van der Waals surface area contributed by atoms with Crippen LogP contribution in [-0.2, 0) is 4.74 Å². The van der Waals surface area contributed by atoms with Crippen molar-refractivity contribution in [3.63, 3.8) is 0 Å². The molecule has 132 valence electrons. The summed E-state index contributed by atoms with van der Waals surface area (Å²) in [6, 6.07) is 21.0. The zero-order valence-electron chi connectivity index (χ0n) is 14.5. The molecule has 0 saturated carbocycles. The van der Waals surface area contributed by atoms with E-state index in [9.17, 15) is 10.1 Å². The van der Waals surface area contributed by atoms with E-state index in [1.165, 1.54) is 11.1 Å². The van der Waals surface area contributed by atoms with Crippen molar-refractivity contribution in [2.75, 3.05) is 6.61 Å². The van der Waals surface area contributed by atoms with Crippen molar-refractivity contribution in [1.29, 1.82) is 5.26 Å². The Bertz CT molecular complexity index is 966. The Morgan fingerprint density at radius 1 is 1.04 bits per heavy atom. The normalized spacial score (nSPS) is 13.1. The number of hydrogen-bond acceptors (Lipinski definition) is 4. The van der Waals surface area contributed by atoms with Crippen LogP contribution in [0.15, 0.2) is 73.1 Å². The van der Waals surface area contributed by atoms with Crippen LogP contribution in [0.5, 0.6) is 0 Å². The highest BCUT2D eigenvalue weighted by atomic mass is 16.5. The van der Waals surface area contributed by atoms with Crippen molar-refractivity contribution in [2.45, 2.75) is 12.0 Å². The zero-order chi connectivity index (χ0) is 18.6. The number of fused-ring (bicyclic) bond motifs is 3. The molecule has 0 fully saturated rings. The third-order valence-corrected chi connectivity index (χ3v) is 4.77. The first kappa shape index (κ1) is 16.8. The van der Waals surface area contributed by atoms with Crippen LogP contribution in [0.4, 0.5) is 4.79 Å². The Morgan fingerprint density at radius 2 is 1.63 bits per heavy atom. The highest BCUT2D eigenvalue weighted by Gasteiger charge is 2.29. The van der Waals surface area contributed by atoms with Crippen molar-refractivity contribution in [2.24, 2.45) is 0 Å². The van der Waals surface area contributed by atoms with Gasteiger partial charge in [0.1, 0.15) is 12.6 Å². The Hall–Kier alpha value is -3.65. The van der Waals surface area contributed by atoms with E-state index in [0.717, 1.165) is 11.1 Å². The summed E-state index contributed by atoms with van der Waals surface area (Å²) >= 11 is 0. The fraction of sp³-hybridized carbons (Fsp3) is 0.136. The monoisotopic (exact) mass is 355 g/mol. The van der Waals surface area contributed by atoms with E-state index in [0.29, 0.717) is 5.56 Å². The largest absolute Gasteiger partial charge is 0.449 e. The van der Waals surface area contributed by atoms with Crippen molar-refractivity contribution < 1.29 is 9.53 Å². The summed E-state index contributed by atoms with van der Waals surface area (Å²) in [6.45, 7) is 0.217. The molecule has 1 amide bonds. The van der Waals surface area contributed by atoms with Crippen LogP contribution in [0.1, 0.15) is 28.7 Å². The standard InChI is InChI=1S/C22H17N3O2/c23-13-21(15-9-11-24-12-10-15)25-22(26)27-14-20-18-7-3-1-5-16(18)17-6-2-4-8-19(17)20/h1-12,20-21H,14H2,(H,25,26). The van der Waals surface area contributed by atoms with Crippen molar-refractivity contribution in [3.05, 3.63) is 89.7 Å². The molecular weight excluding hydrogens is 338 g/mol. The van der Waals surface area contributed by atoms with Gasteiger partial charge >= 0.3 is 6.09 Å². The predicted molar refractivity (Wildman–Crippen MR) is 101 cm³/mol. The number of ether oxygens (including phenoxy) is 1. The number of rotatable bonds is 4. The number of aromatic nitrogens is 1. The molecule has 1 N–H and O–H groups in total. The number of benzene rings is 2. The second-order valence-corrected chi connectivity index (χ2v) is 6.31. The second kappa shape index (κ2) is 7.30. The van der Waals surface area contributed by atoms with E-state index >= 15 is 0 Å². The van der Waals surface area contributed by atoms with Crippen molar-refractivity contribution >= 4 is 6.09 Å². The average Bonchev–Trinajstić information content (AvgIpc) is 3.05. The van der Waals surface area contributed by atoms with Gasteiger partial charge in [0.2, 0.25) is 0 Å². The fourth-order valence-corrected chi connectivity index (χ4v) is 3.50. The summed E-state index contributed by atoms with van der Waals surface area (Å²) in [7, 11) is 0. The van der Waals surface area contributed by atoms with Crippen LogP contribution in [0.2, 0.25) is 0 Å². The van der Waals surface area contributed by atoms with Crippen molar-refractivity contribution in [3.8, 4) is 17.2 Å². The van der Waals surface area contributed by atoms with E-state index in [4.69, 9.17) is 4.74 Å². The highest BCUT2D eigenvalue weighted by Crippen LogP contribution is 2.44. The minimum atomic E-state index is -0.774. The first-order chi connectivity index (χ1) is 13.3. The molecule has 3 aromatic rings. The van der Waals surface area contributed by atoms with E-state index in [-0.39, 0.29) is 12.5 Å². The van der Waals surface area contributed by atoms with Crippen molar-refractivity contribution in [1.82, 2.24) is 10.3 Å². The van der Waals surface area contributed by atoms with Gasteiger partial charge in [-0.05, 0) is 39.9 Å². The third-order valence-electron chi connectivity index (χ3n) is 4.77. The SMILES string of the molecule is N#CC(NC(=O)OCC1c2ccccc2-c2ccccc21)c1ccncc1. The van der Waals surface area contributed by atoms with E-state index in [1.54, 1.807) is 24.5 Å². The number of nitrogens with zero attached hydrogens (tertiary/aromatic N) is 2. The molecule has 0 bridgehead atoms. The predicted octanol–water partition coefficient (Wildman–Crippen LogP) is 4.18. The summed E-state index contributed by atoms with van der Waals surface area (Å²) in [5, 5.41) is 11.9. The van der Waals surface area contributed by atoms with Crippen LogP contribution in [0.3, 0.4) is 0 Å². The summed E-state index contributed by atoms with van der Waals surface area (Å²) in [5.74, 6) is -0.00962. The Morgan fingerprint density at radius 3 is 2.22 bits per heavy atom. The molecule has 1 atom stereocenters. The molecule has 0 spiro atoms. The smallest absolute Gasteiger partial charge is 0.408 e. The summed E-state index contributed by atoms with van der Waals surface area (Å²) < 4.78 is 5.48. The number of carbonyl (C=O) groups is 1. The molecule has 5 nitrogen and oxygen atoms in total. The van der Waals surface area contributed by atoms with Gasteiger partial charge in [-0.2, -0.15) is 5.26 Å². The van der Waals surface area contributed by atoms with Crippen LogP contribution in [0.25, 0.3) is 11.1 Å². The molecule has 2 aromatic carbocycles. The number of alkyl carbamates (subject to hydrolysis) is 1. The molecule has 4 rings (SSSR count). The molecular formula is C22H17N3O2. The van der Waals surface area contributed by atoms with Gasteiger partial charge in [0, 0.05) is 18.3 Å². The molecule has 1 aliphatic rings. The topological polar surface area (TPSA) is 75.0 Å². The van der Waals surface area contributed by atoms with E-state index < -0.39 is 12.1 Å². The zero-order valence-corrected chi connectivity index (χ0v) is 14.5. The first-order valence-electron chi connectivity index (χ1n) is 8.69. The molecule has 0 aliphatic heterocycles. The summed E-state index contributed by atoms with van der Waals surface area (Å²) in [5.41, 5.74) is 5.32. The molecule has 0 saturated heterocycles. The van der Waals surface area contributed by atoms with Gasteiger partial charge in [-0.25, -0.2) is 4.79 Å². The van der Waals surface area contributed by atoms with Gasteiger partial charge < -0.3 is 10.1 Å². The number of nitriles is 1. The lowest BCUT2D eigenvalue weighted by molar-refractivity contribution is 0.141. The molecule has 5 heteroatoms. The number of hydrogen-bond donors (Lipinski definition) is 1. The summed E-state index contributed by atoms with van der Waals surface area (Å²) in [4.78, 5) is 16.2. The van der Waals surface area contributed by atoms with Crippen LogP contribution < -0.4 is 5.32 Å². The van der Waals surface area contributed by atoms with Gasteiger partial charge in [0.15, 0.2) is 0 Å². The van der Waals surface area contributed by atoms with Gasteiger partial charge in [0.05, 0.1) is 6.07 Å². The van der Waals surface area contributed by atoms with Gasteiger partial charge in [-0.15, -0.1) is 0 Å². The quantitative estimate of drug-likeness (QED) is 0.762. The highest BCUT2D eigenvalue weighted by molar-refractivity contribution is 5.79. The Kier molecular flexibility index (Phi) is 4.54. The fourth-order valence-electron chi connectivity index (χ4n) is 3.50. The summed E-state index contributed by atoms with van der Waals surface area (Å²) in [6.07, 6.45) is 2.55.